The summed E-state index contributed by atoms with van der Waals surface area (Å²) in [7, 11) is 6.69. The molecule has 2 aromatic rings. The number of rotatable bonds is 6. The third kappa shape index (κ3) is 4.70. The first-order valence-corrected chi connectivity index (χ1v) is 12.4. The molecule has 0 radical (unpaired) electrons. The average molecular weight is 461 g/mol. The molecule has 0 bridgehead atoms. The van der Waals surface area contributed by atoms with Gasteiger partial charge in [0.1, 0.15) is 0 Å². The number of carbonyl (C=O) groups is 2. The predicted molar refractivity (Wildman–Crippen MR) is 102 cm³/mol. The van der Waals surface area contributed by atoms with Gasteiger partial charge in [0.25, 0.3) is 0 Å². The standard InChI is InChI=1S/C18H18ClIO4/c1-3-23-17(21)13-7-5-9-15(11-13)20(19)16-10-6-8-14(12-16)18(22)24-4-2/h5-12H,3-4H2,1-2H3. The van der Waals surface area contributed by atoms with Crippen molar-refractivity contribution in [3.63, 3.8) is 0 Å². The Morgan fingerprint density at radius 2 is 1.29 bits per heavy atom. The quantitative estimate of drug-likeness (QED) is 0.462. The van der Waals surface area contributed by atoms with Gasteiger partial charge < -0.3 is 0 Å². The molecule has 24 heavy (non-hydrogen) atoms. The van der Waals surface area contributed by atoms with Crippen molar-refractivity contribution in [3.8, 4) is 0 Å². The Kier molecular flexibility index (Phi) is 7.05. The van der Waals surface area contributed by atoms with Crippen LogP contribution in [0.4, 0.5) is 0 Å². The van der Waals surface area contributed by atoms with Gasteiger partial charge in [0.05, 0.1) is 0 Å². The monoisotopic (exact) mass is 460 g/mol. The van der Waals surface area contributed by atoms with Crippen molar-refractivity contribution in [1.29, 1.82) is 0 Å². The van der Waals surface area contributed by atoms with E-state index in [-0.39, 0.29) is 11.9 Å². The summed E-state index contributed by atoms with van der Waals surface area (Å²) < 4.78 is 11.9. The first kappa shape index (κ1) is 18.7. The van der Waals surface area contributed by atoms with Crippen LogP contribution in [0.15, 0.2) is 48.5 Å². The first-order valence-electron chi connectivity index (χ1n) is 7.47. The number of benzene rings is 2. The summed E-state index contributed by atoms with van der Waals surface area (Å²) in [6.45, 7) is 4.19. The second-order valence-electron chi connectivity index (χ2n) is 4.70. The molecular formula is C18H18ClIO4. The molecule has 0 N–H and O–H groups in total. The number of carbonyl (C=O) groups excluding carboxylic acids is 2. The fourth-order valence-corrected chi connectivity index (χ4v) is 6.17. The number of halogens is 2. The van der Waals surface area contributed by atoms with E-state index in [0.717, 1.165) is 7.14 Å². The SMILES string of the molecule is CCOC(=O)c1cccc(I(Cl)c2cccc(C(=O)OCC)c2)c1. The van der Waals surface area contributed by atoms with Gasteiger partial charge in [-0.2, -0.15) is 0 Å². The maximum atomic E-state index is 11.9. The normalized spacial score (nSPS) is 10.9. The van der Waals surface area contributed by atoms with Crippen molar-refractivity contribution >= 4 is 39.5 Å². The van der Waals surface area contributed by atoms with Crippen molar-refractivity contribution in [3.05, 3.63) is 66.8 Å². The fraction of sp³-hybridized carbons (Fsp3) is 0.222. The Morgan fingerprint density at radius 3 is 1.67 bits per heavy atom. The molecule has 4 nitrogen and oxygen atoms in total. The summed E-state index contributed by atoms with van der Waals surface area (Å²) in [6, 6.07) is 14.3. The van der Waals surface area contributed by atoms with E-state index in [1.807, 2.05) is 12.1 Å². The summed E-state index contributed by atoms with van der Waals surface area (Å²) in [4.78, 5) is 23.7. The van der Waals surface area contributed by atoms with Crippen molar-refractivity contribution in [2.75, 3.05) is 13.2 Å². The second kappa shape index (κ2) is 9.03. The minimum absolute atomic E-state index is 0.327. The van der Waals surface area contributed by atoms with E-state index in [2.05, 4.69) is 0 Å². The summed E-state index contributed by atoms with van der Waals surface area (Å²) in [5, 5.41) is 0. The number of esters is 2. The average Bonchev–Trinajstić information content (AvgIpc) is 2.61. The van der Waals surface area contributed by atoms with E-state index in [0.29, 0.717) is 24.3 Å². The number of hydrogen-bond donors (Lipinski definition) is 0. The van der Waals surface area contributed by atoms with Crippen molar-refractivity contribution in [2.24, 2.45) is 0 Å². The van der Waals surface area contributed by atoms with E-state index in [1.165, 1.54) is 0 Å². The molecule has 0 aliphatic carbocycles. The fourth-order valence-electron chi connectivity index (χ4n) is 1.99. The van der Waals surface area contributed by atoms with Gasteiger partial charge in [-0.1, -0.05) is 0 Å². The van der Waals surface area contributed by atoms with Crippen LogP contribution in [-0.4, -0.2) is 25.2 Å². The van der Waals surface area contributed by atoms with Gasteiger partial charge in [-0.15, -0.1) is 0 Å². The molecule has 6 heteroatoms. The van der Waals surface area contributed by atoms with E-state index in [1.54, 1.807) is 50.2 Å². The van der Waals surface area contributed by atoms with E-state index >= 15 is 0 Å². The third-order valence-corrected chi connectivity index (χ3v) is 8.80. The summed E-state index contributed by atoms with van der Waals surface area (Å²) in [5.41, 5.74) is 0.970. The molecule has 0 heterocycles. The van der Waals surface area contributed by atoms with Crippen LogP contribution in [0, 0.1) is 7.14 Å². The Balaban J connectivity index is 2.27. The van der Waals surface area contributed by atoms with Gasteiger partial charge in [0.2, 0.25) is 0 Å². The molecule has 2 aromatic carbocycles. The maximum absolute atomic E-state index is 11.9. The number of hydrogen-bond acceptors (Lipinski definition) is 4. The summed E-state index contributed by atoms with van der Waals surface area (Å²) in [5.74, 6) is -0.721. The molecule has 0 spiro atoms. The Hall–Kier alpha value is -1.60. The van der Waals surface area contributed by atoms with E-state index in [4.69, 9.17) is 18.4 Å². The van der Waals surface area contributed by atoms with Gasteiger partial charge in [-0.3, -0.25) is 0 Å². The van der Waals surface area contributed by atoms with Crippen LogP contribution in [0.25, 0.3) is 0 Å². The second-order valence-corrected chi connectivity index (χ2v) is 10.5. The molecule has 0 aliphatic rings. The van der Waals surface area contributed by atoms with Gasteiger partial charge in [0, 0.05) is 0 Å². The van der Waals surface area contributed by atoms with Gasteiger partial charge in [-0.05, 0) is 0 Å². The van der Waals surface area contributed by atoms with Crippen LogP contribution in [0.5, 0.6) is 0 Å². The number of ether oxygens (including phenoxy) is 2. The Morgan fingerprint density at radius 1 is 0.875 bits per heavy atom. The van der Waals surface area contributed by atoms with Gasteiger partial charge in [-0.25, -0.2) is 0 Å². The molecular weight excluding hydrogens is 443 g/mol. The summed E-state index contributed by atoms with van der Waals surface area (Å²) in [6.07, 6.45) is 0. The molecule has 128 valence electrons. The predicted octanol–water partition coefficient (Wildman–Crippen LogP) is 4.74. The van der Waals surface area contributed by atoms with Gasteiger partial charge in [0.15, 0.2) is 0 Å². The summed E-state index contributed by atoms with van der Waals surface area (Å²) >= 11 is -2.24. The molecule has 0 unspecified atom stereocenters. The minimum atomic E-state index is -2.24. The molecule has 0 atom stereocenters. The van der Waals surface area contributed by atoms with Crippen molar-refractivity contribution < 1.29 is 19.1 Å². The van der Waals surface area contributed by atoms with E-state index in [9.17, 15) is 9.59 Å². The molecule has 0 amide bonds. The Labute approximate surface area is 152 Å². The molecule has 2 rings (SSSR count). The van der Waals surface area contributed by atoms with Crippen LogP contribution < -0.4 is 0 Å². The first-order chi connectivity index (χ1) is 11.6. The van der Waals surface area contributed by atoms with Crippen molar-refractivity contribution in [2.45, 2.75) is 13.8 Å². The molecule has 0 aromatic heterocycles. The third-order valence-electron chi connectivity index (χ3n) is 3.05. The molecule has 0 fully saturated rings. The zero-order chi connectivity index (χ0) is 17.5. The molecule has 0 aliphatic heterocycles. The topological polar surface area (TPSA) is 52.6 Å². The van der Waals surface area contributed by atoms with Crippen LogP contribution >= 0.6 is 27.6 Å². The zero-order valence-electron chi connectivity index (χ0n) is 13.4. The van der Waals surface area contributed by atoms with E-state index < -0.39 is 18.7 Å². The van der Waals surface area contributed by atoms with Crippen LogP contribution in [0.2, 0.25) is 0 Å². The molecule has 0 saturated carbocycles. The van der Waals surface area contributed by atoms with Crippen LogP contribution in [-0.2, 0) is 9.47 Å². The zero-order valence-corrected chi connectivity index (χ0v) is 16.3. The van der Waals surface area contributed by atoms with Gasteiger partial charge >= 0.3 is 152 Å². The van der Waals surface area contributed by atoms with Crippen LogP contribution in [0.3, 0.4) is 0 Å². The van der Waals surface area contributed by atoms with Crippen molar-refractivity contribution in [1.82, 2.24) is 0 Å². The van der Waals surface area contributed by atoms with Crippen LogP contribution in [0.1, 0.15) is 34.6 Å². The Bertz CT molecular complexity index is 671. The molecule has 0 saturated heterocycles.